The minimum Gasteiger partial charge on any atom is -0.346 e. The minimum atomic E-state index is -1.20. The SMILES string of the molecule is Cn1cc2c(c1C(=O)Nc1ccc(F)c(Cl)c1)CCCC2NS(=O)C(C)(C)C. The normalized spacial score (nSPS) is 17.9. The third-order valence-electron chi connectivity index (χ3n) is 4.81. The van der Waals surface area contributed by atoms with Gasteiger partial charge >= 0.3 is 0 Å². The molecule has 0 saturated heterocycles. The average molecular weight is 426 g/mol. The van der Waals surface area contributed by atoms with Crippen molar-refractivity contribution in [2.24, 2.45) is 7.05 Å². The number of anilines is 1. The molecule has 2 N–H and O–H groups in total. The van der Waals surface area contributed by atoms with E-state index in [9.17, 15) is 13.4 Å². The summed E-state index contributed by atoms with van der Waals surface area (Å²) in [5.41, 5.74) is 2.96. The smallest absolute Gasteiger partial charge is 0.272 e. The topological polar surface area (TPSA) is 63.1 Å². The zero-order valence-electron chi connectivity index (χ0n) is 16.4. The van der Waals surface area contributed by atoms with Crippen LogP contribution in [-0.2, 0) is 24.5 Å². The van der Waals surface area contributed by atoms with Gasteiger partial charge in [-0.25, -0.2) is 13.3 Å². The first-order chi connectivity index (χ1) is 13.1. The van der Waals surface area contributed by atoms with Crippen molar-refractivity contribution in [2.45, 2.75) is 50.8 Å². The number of fused-ring (bicyclic) bond motifs is 1. The van der Waals surface area contributed by atoms with Crippen LogP contribution in [0.25, 0.3) is 0 Å². The number of rotatable bonds is 4. The molecule has 1 amide bonds. The van der Waals surface area contributed by atoms with Crippen LogP contribution in [0.4, 0.5) is 10.1 Å². The number of aromatic nitrogens is 1. The van der Waals surface area contributed by atoms with E-state index in [1.807, 2.05) is 34.0 Å². The Morgan fingerprint density at radius 3 is 2.71 bits per heavy atom. The van der Waals surface area contributed by atoms with E-state index in [-0.39, 0.29) is 21.7 Å². The second kappa shape index (κ2) is 7.97. The van der Waals surface area contributed by atoms with E-state index in [1.54, 1.807) is 4.57 Å². The number of benzene rings is 1. The molecule has 2 unspecified atom stereocenters. The average Bonchev–Trinajstić information content (AvgIpc) is 2.94. The Morgan fingerprint density at radius 1 is 1.36 bits per heavy atom. The lowest BCUT2D eigenvalue weighted by Crippen LogP contribution is -2.36. The van der Waals surface area contributed by atoms with Crippen LogP contribution in [0, 0.1) is 5.82 Å². The molecule has 2 aromatic rings. The van der Waals surface area contributed by atoms with Gasteiger partial charge in [0.1, 0.15) is 11.5 Å². The summed E-state index contributed by atoms with van der Waals surface area (Å²) in [5, 5.41) is 2.75. The van der Waals surface area contributed by atoms with Gasteiger partial charge in [0.2, 0.25) is 0 Å². The van der Waals surface area contributed by atoms with Crippen molar-refractivity contribution in [1.82, 2.24) is 9.29 Å². The Morgan fingerprint density at radius 2 is 2.07 bits per heavy atom. The molecular weight excluding hydrogens is 401 g/mol. The molecule has 28 heavy (non-hydrogen) atoms. The molecule has 2 atom stereocenters. The van der Waals surface area contributed by atoms with Gasteiger partial charge in [0, 0.05) is 25.0 Å². The molecule has 1 aliphatic carbocycles. The van der Waals surface area contributed by atoms with Gasteiger partial charge in [-0.05, 0) is 69.4 Å². The van der Waals surface area contributed by atoms with E-state index in [1.165, 1.54) is 18.2 Å². The number of hydrogen-bond donors (Lipinski definition) is 2. The van der Waals surface area contributed by atoms with Crippen LogP contribution >= 0.6 is 11.6 Å². The molecule has 0 bridgehead atoms. The van der Waals surface area contributed by atoms with E-state index in [0.29, 0.717) is 11.4 Å². The summed E-state index contributed by atoms with van der Waals surface area (Å²) in [4.78, 5) is 12.9. The third-order valence-corrected chi connectivity index (χ3v) is 6.71. The highest BCUT2D eigenvalue weighted by Gasteiger charge is 2.31. The number of aryl methyl sites for hydroxylation is 1. The highest BCUT2D eigenvalue weighted by Crippen LogP contribution is 2.34. The second-order valence-corrected chi connectivity index (χ2v) is 10.5. The van der Waals surface area contributed by atoms with Crippen LogP contribution in [0.3, 0.4) is 0 Å². The first-order valence-electron chi connectivity index (χ1n) is 9.20. The van der Waals surface area contributed by atoms with Crippen LogP contribution < -0.4 is 10.0 Å². The Labute approximate surface area is 172 Å². The summed E-state index contributed by atoms with van der Waals surface area (Å²) < 4.78 is 30.5. The first-order valence-corrected chi connectivity index (χ1v) is 10.7. The van der Waals surface area contributed by atoms with Gasteiger partial charge in [0.05, 0.1) is 20.8 Å². The van der Waals surface area contributed by atoms with Gasteiger partial charge < -0.3 is 9.88 Å². The van der Waals surface area contributed by atoms with Gasteiger partial charge in [-0.3, -0.25) is 4.79 Å². The number of hydrogen-bond acceptors (Lipinski definition) is 2. The molecule has 0 spiro atoms. The zero-order valence-corrected chi connectivity index (χ0v) is 18.0. The fraction of sp³-hybridized carbons (Fsp3) is 0.450. The van der Waals surface area contributed by atoms with Crippen molar-refractivity contribution >= 4 is 34.2 Å². The van der Waals surface area contributed by atoms with Gasteiger partial charge in [0.15, 0.2) is 0 Å². The van der Waals surface area contributed by atoms with E-state index in [0.717, 1.165) is 30.4 Å². The summed E-state index contributed by atoms with van der Waals surface area (Å²) >= 11 is 5.80. The van der Waals surface area contributed by atoms with Gasteiger partial charge in [-0.2, -0.15) is 0 Å². The summed E-state index contributed by atoms with van der Waals surface area (Å²) in [6.07, 6.45) is 4.48. The molecule has 3 rings (SSSR count). The predicted molar refractivity (Wildman–Crippen MR) is 111 cm³/mol. The number of carbonyl (C=O) groups excluding carboxylic acids is 1. The lowest BCUT2D eigenvalue weighted by Gasteiger charge is -2.27. The molecule has 0 fully saturated rings. The van der Waals surface area contributed by atoms with E-state index < -0.39 is 16.8 Å². The van der Waals surface area contributed by atoms with Crippen LogP contribution in [0.5, 0.6) is 0 Å². The Balaban J connectivity index is 1.86. The van der Waals surface area contributed by atoms with Crippen molar-refractivity contribution in [3.8, 4) is 0 Å². The standard InChI is InChI=1S/C20H25ClFN3O2S/c1-20(2,3)28(27)24-17-7-5-6-13-14(17)11-25(4)18(13)19(26)23-12-8-9-16(22)15(21)10-12/h8-11,17,24H,5-7H2,1-4H3,(H,23,26). The zero-order chi connectivity index (χ0) is 20.6. The molecule has 1 aromatic carbocycles. The van der Waals surface area contributed by atoms with Crippen LogP contribution in [-0.4, -0.2) is 19.4 Å². The highest BCUT2D eigenvalue weighted by molar-refractivity contribution is 7.84. The van der Waals surface area contributed by atoms with Crippen molar-refractivity contribution in [3.63, 3.8) is 0 Å². The third kappa shape index (κ3) is 4.31. The Hall–Kier alpha value is -1.70. The molecule has 1 aliphatic rings. The molecule has 1 aromatic heterocycles. The number of nitrogens with one attached hydrogen (secondary N) is 2. The van der Waals surface area contributed by atoms with Crippen LogP contribution in [0.2, 0.25) is 5.02 Å². The van der Waals surface area contributed by atoms with E-state index >= 15 is 0 Å². The first kappa shape index (κ1) is 21.0. The van der Waals surface area contributed by atoms with Gasteiger partial charge in [0.25, 0.3) is 5.91 Å². The minimum absolute atomic E-state index is 0.0411. The summed E-state index contributed by atoms with van der Waals surface area (Å²) in [6.45, 7) is 5.78. The largest absolute Gasteiger partial charge is 0.346 e. The fourth-order valence-corrected chi connectivity index (χ4v) is 4.43. The second-order valence-electron chi connectivity index (χ2n) is 8.05. The molecule has 8 heteroatoms. The quantitative estimate of drug-likeness (QED) is 0.757. The van der Waals surface area contributed by atoms with Gasteiger partial charge in [-0.15, -0.1) is 0 Å². The molecule has 5 nitrogen and oxygen atoms in total. The maximum Gasteiger partial charge on any atom is 0.272 e. The molecule has 0 aliphatic heterocycles. The summed E-state index contributed by atoms with van der Waals surface area (Å²) in [6, 6.07) is 4.03. The maximum atomic E-state index is 13.3. The lowest BCUT2D eigenvalue weighted by molar-refractivity contribution is 0.101. The monoisotopic (exact) mass is 425 g/mol. The van der Waals surface area contributed by atoms with E-state index in [4.69, 9.17) is 11.6 Å². The Bertz CT molecular complexity index is 936. The summed E-state index contributed by atoms with van der Waals surface area (Å²) in [7, 11) is 0.625. The number of amides is 1. The summed E-state index contributed by atoms with van der Waals surface area (Å²) in [5.74, 6) is -0.805. The Kier molecular flexibility index (Phi) is 5.98. The number of halogens is 2. The number of carbonyl (C=O) groups is 1. The van der Waals surface area contributed by atoms with E-state index in [2.05, 4.69) is 10.0 Å². The van der Waals surface area contributed by atoms with Crippen molar-refractivity contribution in [3.05, 3.63) is 52.1 Å². The fourth-order valence-electron chi connectivity index (χ4n) is 3.39. The molecule has 1 heterocycles. The predicted octanol–water partition coefficient (Wildman–Crippen LogP) is 4.50. The molecule has 0 radical (unpaired) electrons. The molecule has 0 saturated carbocycles. The maximum absolute atomic E-state index is 13.3. The van der Waals surface area contributed by atoms with Crippen LogP contribution in [0.1, 0.15) is 61.3 Å². The van der Waals surface area contributed by atoms with Crippen molar-refractivity contribution in [1.29, 1.82) is 0 Å². The lowest BCUT2D eigenvalue weighted by atomic mass is 9.90. The molecule has 152 valence electrons. The molecular formula is C20H25ClFN3O2S. The van der Waals surface area contributed by atoms with Gasteiger partial charge in [-0.1, -0.05) is 11.6 Å². The van der Waals surface area contributed by atoms with Crippen LogP contribution in [0.15, 0.2) is 24.4 Å². The van der Waals surface area contributed by atoms with Crippen molar-refractivity contribution in [2.75, 3.05) is 5.32 Å². The highest BCUT2D eigenvalue weighted by atomic mass is 35.5. The van der Waals surface area contributed by atoms with Crippen molar-refractivity contribution < 1.29 is 13.4 Å². The number of nitrogens with zero attached hydrogens (tertiary/aromatic N) is 1.